The number of thioether (sulfide) groups is 1. The minimum Gasteiger partial charge on any atom is -0.268 e. The molecule has 0 unspecified atom stereocenters. The number of thiophene rings is 1. The van der Waals surface area contributed by atoms with Crippen molar-refractivity contribution < 1.29 is 0 Å². The zero-order chi connectivity index (χ0) is 18.2. The number of hydrogen-bond donors (Lipinski definition) is 0. The van der Waals surface area contributed by atoms with Gasteiger partial charge in [-0.2, -0.15) is 0 Å². The lowest BCUT2D eigenvalue weighted by Crippen LogP contribution is -2.21. The number of fused-ring (bicyclic) bond motifs is 3. The molecule has 1 aliphatic rings. The van der Waals surface area contributed by atoms with Crippen molar-refractivity contribution in [2.45, 2.75) is 30.2 Å². The SMILES string of the molecule is O=c1c2c3c(sc2nc(SCc2ccccc2)n1-c1ccccc1)CCC3. The predicted molar refractivity (Wildman–Crippen MR) is 113 cm³/mol. The second-order valence-corrected chi connectivity index (χ2v) is 8.71. The van der Waals surface area contributed by atoms with Gasteiger partial charge in [-0.25, -0.2) is 4.98 Å². The van der Waals surface area contributed by atoms with Crippen LogP contribution in [-0.2, 0) is 18.6 Å². The Kier molecular flexibility index (Phi) is 4.34. The van der Waals surface area contributed by atoms with Crippen molar-refractivity contribution in [2.75, 3.05) is 0 Å². The highest BCUT2D eigenvalue weighted by atomic mass is 32.2. The Morgan fingerprint density at radius 1 is 1.00 bits per heavy atom. The van der Waals surface area contributed by atoms with E-state index in [9.17, 15) is 4.79 Å². The standard InChI is InChI=1S/C22H18N2OS2/c25-21-19-17-12-7-13-18(17)27-20(19)23-22(24(21)16-10-5-2-6-11-16)26-14-15-8-3-1-4-9-15/h1-6,8-11H,7,12-14H2. The van der Waals surface area contributed by atoms with Crippen molar-refractivity contribution in [3.8, 4) is 5.69 Å². The van der Waals surface area contributed by atoms with Crippen LogP contribution in [-0.4, -0.2) is 9.55 Å². The summed E-state index contributed by atoms with van der Waals surface area (Å²) in [6.07, 6.45) is 3.22. The number of aryl methyl sites for hydroxylation is 2. The van der Waals surface area contributed by atoms with E-state index in [0.717, 1.165) is 46.1 Å². The zero-order valence-electron chi connectivity index (χ0n) is 14.7. The average molecular weight is 391 g/mol. The second kappa shape index (κ2) is 6.98. The van der Waals surface area contributed by atoms with Crippen LogP contribution in [0.5, 0.6) is 0 Å². The molecule has 0 atom stereocenters. The molecule has 0 radical (unpaired) electrons. The summed E-state index contributed by atoms with van der Waals surface area (Å²) in [5.74, 6) is 0.788. The van der Waals surface area contributed by atoms with Crippen LogP contribution in [0.1, 0.15) is 22.4 Å². The summed E-state index contributed by atoms with van der Waals surface area (Å²) in [6, 6.07) is 20.2. The van der Waals surface area contributed by atoms with Crippen molar-refractivity contribution >= 4 is 33.3 Å². The normalized spacial score (nSPS) is 13.2. The molecular weight excluding hydrogens is 372 g/mol. The first-order valence-electron chi connectivity index (χ1n) is 9.11. The zero-order valence-corrected chi connectivity index (χ0v) is 16.4. The van der Waals surface area contributed by atoms with E-state index in [1.54, 1.807) is 27.7 Å². The molecule has 5 heteroatoms. The molecule has 0 aliphatic heterocycles. The molecule has 0 amide bonds. The van der Waals surface area contributed by atoms with E-state index in [2.05, 4.69) is 12.1 Å². The fraction of sp³-hybridized carbons (Fsp3) is 0.182. The summed E-state index contributed by atoms with van der Waals surface area (Å²) >= 11 is 3.33. The van der Waals surface area contributed by atoms with Gasteiger partial charge >= 0.3 is 0 Å². The smallest absolute Gasteiger partial charge is 0.267 e. The first kappa shape index (κ1) is 16.8. The molecule has 4 aromatic rings. The molecular formula is C22H18N2OS2. The summed E-state index contributed by atoms with van der Waals surface area (Å²) < 4.78 is 1.79. The number of para-hydroxylation sites is 1. The molecule has 3 nitrogen and oxygen atoms in total. The summed E-state index contributed by atoms with van der Waals surface area (Å²) in [5.41, 5.74) is 3.41. The lowest BCUT2D eigenvalue weighted by atomic mass is 10.2. The third-order valence-corrected chi connectivity index (χ3v) is 7.13. The number of benzene rings is 2. The first-order valence-corrected chi connectivity index (χ1v) is 10.9. The minimum absolute atomic E-state index is 0.0705. The maximum atomic E-state index is 13.5. The van der Waals surface area contributed by atoms with Crippen LogP contribution >= 0.6 is 23.1 Å². The Hall–Kier alpha value is -2.37. The Labute approximate surface area is 165 Å². The van der Waals surface area contributed by atoms with Gasteiger partial charge in [0.1, 0.15) is 4.83 Å². The fourth-order valence-corrected chi connectivity index (χ4v) is 5.92. The maximum absolute atomic E-state index is 13.5. The number of hydrogen-bond acceptors (Lipinski definition) is 4. The van der Waals surface area contributed by atoms with Gasteiger partial charge in [-0.1, -0.05) is 60.3 Å². The molecule has 0 N–H and O–H groups in total. The van der Waals surface area contributed by atoms with Crippen molar-refractivity contribution in [1.29, 1.82) is 0 Å². The predicted octanol–water partition coefficient (Wildman–Crippen LogP) is 5.23. The number of nitrogens with zero attached hydrogens (tertiary/aromatic N) is 2. The van der Waals surface area contributed by atoms with E-state index >= 15 is 0 Å². The van der Waals surface area contributed by atoms with Crippen molar-refractivity contribution in [3.05, 3.63) is 87.0 Å². The third-order valence-electron chi connectivity index (χ3n) is 4.93. The van der Waals surface area contributed by atoms with Crippen LogP contribution in [0.25, 0.3) is 15.9 Å². The van der Waals surface area contributed by atoms with Gasteiger partial charge in [-0.15, -0.1) is 11.3 Å². The van der Waals surface area contributed by atoms with Gasteiger partial charge in [-0.05, 0) is 42.5 Å². The second-order valence-electron chi connectivity index (χ2n) is 6.68. The Morgan fingerprint density at radius 3 is 2.52 bits per heavy atom. The van der Waals surface area contributed by atoms with Crippen molar-refractivity contribution in [2.24, 2.45) is 0 Å². The molecule has 0 saturated carbocycles. The van der Waals surface area contributed by atoms with Gasteiger partial charge in [0, 0.05) is 10.6 Å². The number of rotatable bonds is 4. The van der Waals surface area contributed by atoms with Crippen LogP contribution in [0.4, 0.5) is 0 Å². The summed E-state index contributed by atoms with van der Waals surface area (Å²) in [4.78, 5) is 20.7. The number of aromatic nitrogens is 2. The van der Waals surface area contributed by atoms with Crippen LogP contribution in [0.15, 0.2) is 70.6 Å². The van der Waals surface area contributed by atoms with Crippen LogP contribution in [0, 0.1) is 0 Å². The molecule has 0 bridgehead atoms. The van der Waals surface area contributed by atoms with E-state index < -0.39 is 0 Å². The van der Waals surface area contributed by atoms with Gasteiger partial charge in [0.05, 0.1) is 11.1 Å². The van der Waals surface area contributed by atoms with E-state index in [1.807, 2.05) is 48.5 Å². The van der Waals surface area contributed by atoms with E-state index in [0.29, 0.717) is 0 Å². The lowest BCUT2D eigenvalue weighted by Gasteiger charge is -2.12. The van der Waals surface area contributed by atoms with E-state index in [-0.39, 0.29) is 5.56 Å². The topological polar surface area (TPSA) is 34.9 Å². The van der Waals surface area contributed by atoms with Crippen LogP contribution < -0.4 is 5.56 Å². The quantitative estimate of drug-likeness (QED) is 0.354. The summed E-state index contributed by atoms with van der Waals surface area (Å²) in [7, 11) is 0. The largest absolute Gasteiger partial charge is 0.268 e. The molecule has 0 fully saturated rings. The highest BCUT2D eigenvalue weighted by molar-refractivity contribution is 7.98. The van der Waals surface area contributed by atoms with Gasteiger partial charge in [0.25, 0.3) is 5.56 Å². The van der Waals surface area contributed by atoms with Crippen LogP contribution in [0.3, 0.4) is 0 Å². The Balaban J connectivity index is 1.67. The lowest BCUT2D eigenvalue weighted by molar-refractivity contribution is 0.820. The molecule has 2 aromatic heterocycles. The minimum atomic E-state index is 0.0705. The highest BCUT2D eigenvalue weighted by Gasteiger charge is 2.23. The van der Waals surface area contributed by atoms with Crippen LogP contribution in [0.2, 0.25) is 0 Å². The molecule has 2 aromatic carbocycles. The molecule has 1 aliphatic carbocycles. The molecule has 27 heavy (non-hydrogen) atoms. The summed E-state index contributed by atoms with van der Waals surface area (Å²) in [6.45, 7) is 0. The molecule has 5 rings (SSSR count). The molecule has 0 spiro atoms. The van der Waals surface area contributed by atoms with Gasteiger partial charge in [-0.3, -0.25) is 9.36 Å². The van der Waals surface area contributed by atoms with Gasteiger partial charge in [0.15, 0.2) is 5.16 Å². The van der Waals surface area contributed by atoms with Gasteiger partial charge < -0.3 is 0 Å². The van der Waals surface area contributed by atoms with Gasteiger partial charge in [0.2, 0.25) is 0 Å². The summed E-state index contributed by atoms with van der Waals surface area (Å²) in [5, 5.41) is 1.60. The van der Waals surface area contributed by atoms with Crippen molar-refractivity contribution in [3.63, 3.8) is 0 Å². The van der Waals surface area contributed by atoms with Crippen molar-refractivity contribution in [1.82, 2.24) is 9.55 Å². The molecule has 134 valence electrons. The van der Waals surface area contributed by atoms with E-state index in [4.69, 9.17) is 4.98 Å². The van der Waals surface area contributed by atoms with E-state index in [1.165, 1.54) is 16.0 Å². The Bertz CT molecular complexity index is 1160. The highest BCUT2D eigenvalue weighted by Crippen LogP contribution is 2.36. The third kappa shape index (κ3) is 3.01. The maximum Gasteiger partial charge on any atom is 0.267 e. The average Bonchev–Trinajstić information content (AvgIpc) is 3.28. The fourth-order valence-electron chi connectivity index (χ4n) is 3.65. The molecule has 2 heterocycles. The molecule has 0 saturated heterocycles. The monoisotopic (exact) mass is 390 g/mol. The first-order chi connectivity index (χ1) is 13.3. The Morgan fingerprint density at radius 2 is 1.74 bits per heavy atom.